The van der Waals surface area contributed by atoms with Crippen molar-refractivity contribution in [2.75, 3.05) is 6.54 Å². The molecule has 2 aromatic rings. The Hall–Kier alpha value is -3.04. The van der Waals surface area contributed by atoms with Gasteiger partial charge in [0.2, 0.25) is 5.91 Å². The number of carbonyl (C=O) groups is 2. The number of rotatable bonds is 6. The van der Waals surface area contributed by atoms with Gasteiger partial charge in [-0.25, -0.2) is 0 Å². The third-order valence-electron chi connectivity index (χ3n) is 4.91. The first-order valence-electron chi connectivity index (χ1n) is 9.38. The van der Waals surface area contributed by atoms with Crippen LogP contribution in [0, 0.1) is 0 Å². The average molecular weight is 444 g/mol. The van der Waals surface area contributed by atoms with Crippen LogP contribution in [0.2, 0.25) is 0 Å². The number of carbonyl (C=O) groups excluding carboxylic acids is 2. The van der Waals surface area contributed by atoms with E-state index >= 15 is 0 Å². The minimum atomic E-state index is -4.65. The third-order valence-corrected chi connectivity index (χ3v) is 4.91. The zero-order valence-corrected chi connectivity index (χ0v) is 16.1. The first-order chi connectivity index (χ1) is 14.5. The van der Waals surface area contributed by atoms with E-state index in [1.807, 2.05) is 0 Å². The average Bonchev–Trinajstić information content (AvgIpc) is 2.96. The van der Waals surface area contributed by atoms with Crippen molar-refractivity contribution in [1.82, 2.24) is 10.2 Å². The number of halogens is 6. The molecule has 1 heterocycles. The predicted octanol–water partition coefficient (Wildman–Crippen LogP) is 4.86. The Kier molecular flexibility index (Phi) is 6.28. The van der Waals surface area contributed by atoms with E-state index in [-0.39, 0.29) is 24.1 Å². The van der Waals surface area contributed by atoms with Crippen molar-refractivity contribution in [3.8, 4) is 0 Å². The van der Waals surface area contributed by atoms with Crippen molar-refractivity contribution in [2.24, 2.45) is 0 Å². The summed E-state index contributed by atoms with van der Waals surface area (Å²) >= 11 is 0. The van der Waals surface area contributed by atoms with Gasteiger partial charge < -0.3 is 10.2 Å². The summed E-state index contributed by atoms with van der Waals surface area (Å²) in [6.45, 7) is -0.762. The Morgan fingerprint density at radius 3 is 2.29 bits per heavy atom. The van der Waals surface area contributed by atoms with Gasteiger partial charge in [-0.15, -0.1) is 0 Å². The molecule has 1 N–H and O–H groups in total. The molecule has 0 aliphatic carbocycles. The first-order valence-corrected chi connectivity index (χ1v) is 9.38. The van der Waals surface area contributed by atoms with Gasteiger partial charge in [0.15, 0.2) is 0 Å². The topological polar surface area (TPSA) is 49.4 Å². The second-order valence-corrected chi connectivity index (χ2v) is 7.09. The normalized spacial score (nSPS) is 16.4. The van der Waals surface area contributed by atoms with Gasteiger partial charge in [0.05, 0.1) is 5.56 Å². The molecule has 31 heavy (non-hydrogen) atoms. The highest BCUT2D eigenvalue weighted by Crippen LogP contribution is 2.38. The summed E-state index contributed by atoms with van der Waals surface area (Å²) in [5, 5.41) is 2.36. The van der Waals surface area contributed by atoms with E-state index in [0.29, 0.717) is 5.56 Å². The van der Waals surface area contributed by atoms with Crippen LogP contribution >= 0.6 is 0 Å². The van der Waals surface area contributed by atoms with Crippen LogP contribution in [-0.2, 0) is 17.5 Å². The molecule has 3 rings (SSSR count). The monoisotopic (exact) mass is 444 g/mol. The van der Waals surface area contributed by atoms with Crippen LogP contribution in [0.4, 0.5) is 26.3 Å². The molecule has 2 amide bonds. The van der Waals surface area contributed by atoms with Gasteiger partial charge >= 0.3 is 12.4 Å². The van der Waals surface area contributed by atoms with Crippen LogP contribution in [0.1, 0.15) is 45.9 Å². The number of fused-ring (bicyclic) bond motifs is 1. The summed E-state index contributed by atoms with van der Waals surface area (Å²) in [4.78, 5) is 26.6. The SMILES string of the molecule is O=C(NCCCC(F)(F)F)C1c2ccccc2C(=O)N1Cc1ccccc1C(F)(F)F. The maximum atomic E-state index is 13.4. The van der Waals surface area contributed by atoms with Crippen molar-refractivity contribution in [1.29, 1.82) is 0 Å². The molecule has 0 spiro atoms. The molecule has 2 aromatic carbocycles. The van der Waals surface area contributed by atoms with E-state index in [1.165, 1.54) is 30.3 Å². The zero-order valence-electron chi connectivity index (χ0n) is 16.1. The van der Waals surface area contributed by atoms with Crippen LogP contribution in [0.25, 0.3) is 0 Å². The maximum absolute atomic E-state index is 13.4. The smallest absolute Gasteiger partial charge is 0.354 e. The first kappa shape index (κ1) is 22.6. The second-order valence-electron chi connectivity index (χ2n) is 7.09. The third kappa shape index (κ3) is 5.18. The van der Waals surface area contributed by atoms with Gasteiger partial charge in [0.1, 0.15) is 6.04 Å². The molecule has 0 aromatic heterocycles. The number of hydrogen-bond donors (Lipinski definition) is 1. The zero-order chi connectivity index (χ0) is 22.8. The molecule has 0 fully saturated rings. The van der Waals surface area contributed by atoms with E-state index in [9.17, 15) is 35.9 Å². The van der Waals surface area contributed by atoms with E-state index in [4.69, 9.17) is 0 Å². The molecular weight excluding hydrogens is 426 g/mol. The van der Waals surface area contributed by atoms with Crippen molar-refractivity contribution in [3.05, 3.63) is 70.8 Å². The molecule has 0 radical (unpaired) electrons. The molecule has 0 bridgehead atoms. The lowest BCUT2D eigenvalue weighted by Gasteiger charge is -2.26. The fourth-order valence-corrected chi connectivity index (χ4v) is 3.53. The summed E-state index contributed by atoms with van der Waals surface area (Å²) in [5.74, 6) is -1.37. The summed E-state index contributed by atoms with van der Waals surface area (Å²) < 4.78 is 77.0. The fourth-order valence-electron chi connectivity index (χ4n) is 3.53. The lowest BCUT2D eigenvalue weighted by atomic mass is 10.0. The molecule has 0 saturated carbocycles. The molecule has 0 saturated heterocycles. The Morgan fingerprint density at radius 2 is 1.61 bits per heavy atom. The highest BCUT2D eigenvalue weighted by Gasteiger charge is 2.42. The van der Waals surface area contributed by atoms with Gasteiger partial charge in [-0.2, -0.15) is 26.3 Å². The van der Waals surface area contributed by atoms with Crippen LogP contribution < -0.4 is 5.32 Å². The number of nitrogens with one attached hydrogen (secondary N) is 1. The largest absolute Gasteiger partial charge is 0.416 e. The Balaban J connectivity index is 1.85. The van der Waals surface area contributed by atoms with Gasteiger partial charge in [0.25, 0.3) is 5.91 Å². The molecule has 1 atom stereocenters. The summed E-state index contributed by atoms with van der Waals surface area (Å²) in [6.07, 6.45) is -10.5. The van der Waals surface area contributed by atoms with Crippen molar-refractivity contribution in [2.45, 2.75) is 37.8 Å². The summed E-state index contributed by atoms with van der Waals surface area (Å²) in [5.41, 5.74) is -0.651. The molecule has 1 aliphatic rings. The lowest BCUT2D eigenvalue weighted by molar-refractivity contribution is -0.139. The van der Waals surface area contributed by atoms with E-state index in [1.54, 1.807) is 12.1 Å². The summed E-state index contributed by atoms with van der Waals surface area (Å²) in [6, 6.07) is 9.57. The quantitative estimate of drug-likeness (QED) is 0.511. The van der Waals surface area contributed by atoms with Crippen molar-refractivity contribution >= 4 is 11.8 Å². The Labute approximate surface area is 173 Å². The molecular formula is C21H18F6N2O2. The summed E-state index contributed by atoms with van der Waals surface area (Å²) in [7, 11) is 0. The van der Waals surface area contributed by atoms with Crippen LogP contribution in [0.5, 0.6) is 0 Å². The number of alkyl halides is 6. The lowest BCUT2D eigenvalue weighted by Crippen LogP contribution is -2.39. The minimum Gasteiger partial charge on any atom is -0.354 e. The van der Waals surface area contributed by atoms with Crippen LogP contribution in [0.3, 0.4) is 0 Å². The molecule has 4 nitrogen and oxygen atoms in total. The maximum Gasteiger partial charge on any atom is 0.416 e. The molecule has 1 aliphatic heterocycles. The number of nitrogens with zero attached hydrogens (tertiary/aromatic N) is 1. The molecule has 10 heteroatoms. The van der Waals surface area contributed by atoms with E-state index < -0.39 is 48.7 Å². The van der Waals surface area contributed by atoms with Crippen molar-refractivity contribution in [3.63, 3.8) is 0 Å². The van der Waals surface area contributed by atoms with E-state index in [0.717, 1.165) is 11.0 Å². The second kappa shape index (κ2) is 8.60. The fraction of sp³-hybridized carbons (Fsp3) is 0.333. The van der Waals surface area contributed by atoms with E-state index in [2.05, 4.69) is 5.32 Å². The Bertz CT molecular complexity index is 971. The van der Waals surface area contributed by atoms with Crippen LogP contribution in [-0.4, -0.2) is 29.4 Å². The van der Waals surface area contributed by atoms with Gasteiger partial charge in [-0.1, -0.05) is 36.4 Å². The van der Waals surface area contributed by atoms with Gasteiger partial charge in [-0.05, 0) is 29.7 Å². The predicted molar refractivity (Wildman–Crippen MR) is 98.8 cm³/mol. The number of benzene rings is 2. The Morgan fingerprint density at radius 1 is 0.968 bits per heavy atom. The molecule has 166 valence electrons. The highest BCUT2D eigenvalue weighted by molar-refractivity contribution is 6.04. The highest BCUT2D eigenvalue weighted by atomic mass is 19.4. The minimum absolute atomic E-state index is 0.169. The van der Waals surface area contributed by atoms with Gasteiger partial charge in [0, 0.05) is 25.1 Å². The number of amides is 2. The van der Waals surface area contributed by atoms with Crippen LogP contribution in [0.15, 0.2) is 48.5 Å². The van der Waals surface area contributed by atoms with Gasteiger partial charge in [-0.3, -0.25) is 9.59 Å². The van der Waals surface area contributed by atoms with Crippen molar-refractivity contribution < 1.29 is 35.9 Å². The molecule has 1 unspecified atom stereocenters. The number of hydrogen-bond acceptors (Lipinski definition) is 2. The standard InChI is InChI=1S/C21H18F6N2O2/c22-20(23,24)10-5-11-28-18(30)17-14-7-2-3-8-15(14)19(31)29(17)12-13-6-1-4-9-16(13)21(25,26)27/h1-4,6-9,17H,5,10-12H2,(H,28,30).